The average molecular weight is 193 g/mol. The van der Waals surface area contributed by atoms with E-state index in [0.29, 0.717) is 11.8 Å². The number of hydrogen-bond acceptors (Lipinski definition) is 2. The third kappa shape index (κ3) is 1.46. The summed E-state index contributed by atoms with van der Waals surface area (Å²) in [6.07, 6.45) is 4.47. The predicted molar refractivity (Wildman–Crippen MR) is 57.1 cm³/mol. The van der Waals surface area contributed by atoms with Crippen LogP contribution in [0.5, 0.6) is 0 Å². The first-order valence-electron chi connectivity index (χ1n) is 5.37. The van der Waals surface area contributed by atoms with Gasteiger partial charge in [-0.05, 0) is 31.2 Å². The Morgan fingerprint density at radius 1 is 1.64 bits per heavy atom. The summed E-state index contributed by atoms with van der Waals surface area (Å²) in [4.78, 5) is 0. The van der Waals surface area contributed by atoms with E-state index < -0.39 is 0 Å². The van der Waals surface area contributed by atoms with Crippen molar-refractivity contribution in [2.45, 2.75) is 38.6 Å². The van der Waals surface area contributed by atoms with Gasteiger partial charge in [-0.3, -0.25) is 4.68 Å². The van der Waals surface area contributed by atoms with Gasteiger partial charge in [0.2, 0.25) is 0 Å². The Hall–Kier alpha value is -0.830. The van der Waals surface area contributed by atoms with Gasteiger partial charge in [0.25, 0.3) is 0 Å². The predicted octanol–water partition coefficient (Wildman–Crippen LogP) is 1.43. The van der Waals surface area contributed by atoms with Crippen molar-refractivity contribution < 1.29 is 0 Å². The Balaban J connectivity index is 2.40. The average Bonchev–Trinajstić information content (AvgIpc) is 2.43. The van der Waals surface area contributed by atoms with Crippen molar-refractivity contribution in [1.82, 2.24) is 9.78 Å². The van der Waals surface area contributed by atoms with E-state index >= 15 is 0 Å². The summed E-state index contributed by atoms with van der Waals surface area (Å²) < 4.78 is 1.91. The first kappa shape index (κ1) is 9.71. The van der Waals surface area contributed by atoms with Crippen molar-refractivity contribution in [3.05, 3.63) is 17.5 Å². The summed E-state index contributed by atoms with van der Waals surface area (Å²) in [5.74, 6) is 1.18. The van der Waals surface area contributed by atoms with Crippen molar-refractivity contribution in [3.8, 4) is 0 Å². The van der Waals surface area contributed by atoms with Gasteiger partial charge in [0.05, 0.1) is 5.69 Å². The van der Waals surface area contributed by atoms with E-state index in [0.717, 1.165) is 6.42 Å². The molecule has 0 aliphatic heterocycles. The van der Waals surface area contributed by atoms with Crippen LogP contribution in [0.3, 0.4) is 0 Å². The molecule has 0 aromatic carbocycles. The lowest BCUT2D eigenvalue weighted by Gasteiger charge is -2.31. The fourth-order valence-electron chi connectivity index (χ4n) is 2.68. The SMILES string of the molecule is CC(N)C1c2cn(C)nc2CCC1C. The van der Waals surface area contributed by atoms with Crippen molar-refractivity contribution >= 4 is 0 Å². The summed E-state index contributed by atoms with van der Waals surface area (Å²) in [6, 6.07) is 0.230. The maximum Gasteiger partial charge on any atom is 0.0660 e. The first-order chi connectivity index (χ1) is 6.59. The van der Waals surface area contributed by atoms with Crippen LogP contribution in [0.25, 0.3) is 0 Å². The largest absolute Gasteiger partial charge is 0.327 e. The fourth-order valence-corrected chi connectivity index (χ4v) is 2.68. The van der Waals surface area contributed by atoms with Crippen LogP contribution < -0.4 is 5.73 Å². The van der Waals surface area contributed by atoms with Crippen molar-refractivity contribution in [2.75, 3.05) is 0 Å². The fraction of sp³-hybridized carbons (Fsp3) is 0.727. The van der Waals surface area contributed by atoms with Crippen LogP contribution in [0.4, 0.5) is 0 Å². The zero-order valence-corrected chi connectivity index (χ0v) is 9.20. The molecule has 0 bridgehead atoms. The lowest BCUT2D eigenvalue weighted by Crippen LogP contribution is -2.32. The molecule has 0 saturated heterocycles. The lowest BCUT2D eigenvalue weighted by atomic mass is 9.75. The maximum absolute atomic E-state index is 6.04. The van der Waals surface area contributed by atoms with Crippen molar-refractivity contribution in [3.63, 3.8) is 0 Å². The minimum Gasteiger partial charge on any atom is -0.327 e. The van der Waals surface area contributed by atoms with Crippen LogP contribution in [0.1, 0.15) is 37.4 Å². The number of fused-ring (bicyclic) bond motifs is 1. The molecule has 2 N–H and O–H groups in total. The molecule has 1 aromatic rings. The molecule has 3 atom stereocenters. The molecule has 0 saturated carbocycles. The number of nitrogens with zero attached hydrogens (tertiary/aromatic N) is 2. The van der Waals surface area contributed by atoms with Gasteiger partial charge in [-0.25, -0.2) is 0 Å². The molecule has 78 valence electrons. The van der Waals surface area contributed by atoms with Gasteiger partial charge >= 0.3 is 0 Å². The van der Waals surface area contributed by atoms with Gasteiger partial charge in [-0.2, -0.15) is 5.10 Å². The number of aryl methyl sites for hydroxylation is 2. The van der Waals surface area contributed by atoms with Gasteiger partial charge in [0, 0.05) is 25.2 Å². The van der Waals surface area contributed by atoms with Gasteiger partial charge in [0.1, 0.15) is 0 Å². The molecule has 3 unspecified atom stereocenters. The van der Waals surface area contributed by atoms with Gasteiger partial charge in [0.15, 0.2) is 0 Å². The number of aromatic nitrogens is 2. The van der Waals surface area contributed by atoms with Crippen LogP contribution in [-0.4, -0.2) is 15.8 Å². The minimum absolute atomic E-state index is 0.230. The highest BCUT2D eigenvalue weighted by molar-refractivity contribution is 5.27. The quantitative estimate of drug-likeness (QED) is 0.733. The summed E-state index contributed by atoms with van der Waals surface area (Å²) in [5.41, 5.74) is 8.68. The molecule has 3 heteroatoms. The summed E-state index contributed by atoms with van der Waals surface area (Å²) in [7, 11) is 1.99. The molecule has 0 spiro atoms. The molecule has 2 rings (SSSR count). The molecular formula is C11H19N3. The Bertz CT molecular complexity index is 327. The van der Waals surface area contributed by atoms with Gasteiger partial charge < -0.3 is 5.73 Å². The molecule has 0 amide bonds. The molecule has 1 aliphatic rings. The summed E-state index contributed by atoms with van der Waals surface area (Å²) in [6.45, 7) is 4.40. The van der Waals surface area contributed by atoms with Crippen LogP contribution in [-0.2, 0) is 13.5 Å². The van der Waals surface area contributed by atoms with E-state index in [-0.39, 0.29) is 6.04 Å². The van der Waals surface area contributed by atoms with Crippen molar-refractivity contribution in [2.24, 2.45) is 18.7 Å². The minimum atomic E-state index is 0.230. The highest BCUT2D eigenvalue weighted by atomic mass is 15.3. The third-order valence-corrected chi connectivity index (χ3v) is 3.31. The molecule has 14 heavy (non-hydrogen) atoms. The standard InChI is InChI=1S/C11H19N3/c1-7-4-5-10-9(6-14(3)13-10)11(7)8(2)12/h6-8,11H,4-5,12H2,1-3H3. The van der Waals surface area contributed by atoms with Crippen LogP contribution in [0, 0.1) is 5.92 Å². The summed E-state index contributed by atoms with van der Waals surface area (Å²) in [5, 5.41) is 4.48. The second-order valence-corrected chi connectivity index (χ2v) is 4.61. The Kier molecular flexibility index (Phi) is 2.35. The molecule has 1 aliphatic carbocycles. The van der Waals surface area contributed by atoms with E-state index in [1.165, 1.54) is 17.7 Å². The Morgan fingerprint density at radius 2 is 2.36 bits per heavy atom. The van der Waals surface area contributed by atoms with E-state index in [1.54, 1.807) is 0 Å². The Labute approximate surface area is 85.3 Å². The summed E-state index contributed by atoms with van der Waals surface area (Å²) >= 11 is 0. The Morgan fingerprint density at radius 3 is 3.00 bits per heavy atom. The number of rotatable bonds is 1. The monoisotopic (exact) mass is 193 g/mol. The van der Waals surface area contributed by atoms with E-state index in [2.05, 4.69) is 25.1 Å². The van der Waals surface area contributed by atoms with E-state index in [9.17, 15) is 0 Å². The lowest BCUT2D eigenvalue weighted by molar-refractivity contribution is 0.361. The maximum atomic E-state index is 6.04. The van der Waals surface area contributed by atoms with Crippen LogP contribution in [0.15, 0.2) is 6.20 Å². The molecule has 3 nitrogen and oxygen atoms in total. The number of hydrogen-bond donors (Lipinski definition) is 1. The smallest absolute Gasteiger partial charge is 0.0660 e. The van der Waals surface area contributed by atoms with Crippen LogP contribution >= 0.6 is 0 Å². The van der Waals surface area contributed by atoms with Gasteiger partial charge in [-0.15, -0.1) is 0 Å². The highest BCUT2D eigenvalue weighted by Gasteiger charge is 2.31. The normalized spacial score (nSPS) is 28.6. The molecular weight excluding hydrogens is 174 g/mol. The van der Waals surface area contributed by atoms with E-state index in [1.807, 2.05) is 11.7 Å². The van der Waals surface area contributed by atoms with Crippen LogP contribution in [0.2, 0.25) is 0 Å². The third-order valence-electron chi connectivity index (χ3n) is 3.31. The molecule has 1 heterocycles. The zero-order valence-electron chi connectivity index (χ0n) is 9.20. The second-order valence-electron chi connectivity index (χ2n) is 4.61. The zero-order chi connectivity index (χ0) is 10.3. The topological polar surface area (TPSA) is 43.8 Å². The molecule has 0 fully saturated rings. The van der Waals surface area contributed by atoms with Crippen molar-refractivity contribution in [1.29, 1.82) is 0 Å². The molecule has 0 radical (unpaired) electrons. The van der Waals surface area contributed by atoms with Gasteiger partial charge in [-0.1, -0.05) is 6.92 Å². The highest BCUT2D eigenvalue weighted by Crippen LogP contribution is 2.36. The van der Waals surface area contributed by atoms with E-state index in [4.69, 9.17) is 5.73 Å². The molecule has 1 aromatic heterocycles. The second kappa shape index (κ2) is 3.39. The first-order valence-corrected chi connectivity index (χ1v) is 5.37. The number of nitrogens with two attached hydrogens (primary N) is 1.